The van der Waals surface area contributed by atoms with E-state index in [1.165, 1.54) is 77.0 Å². The van der Waals surface area contributed by atoms with Crippen LogP contribution < -0.4 is 59.1 Å². The van der Waals surface area contributed by atoms with Crippen molar-refractivity contribution >= 4 is 34.0 Å². The summed E-state index contributed by atoms with van der Waals surface area (Å²) in [5.41, 5.74) is 0. The quantitative estimate of drug-likeness (QED) is 0.0237. The fourth-order valence-electron chi connectivity index (χ4n) is 5.59. The van der Waals surface area contributed by atoms with E-state index >= 15 is 0 Å². The fourth-order valence-corrected chi connectivity index (χ4v) is 6.23. The van der Waals surface area contributed by atoms with E-state index in [1.807, 2.05) is 0 Å². The fraction of sp³-hybridized carbons (Fsp3) is 0.800. The Kier molecular flexibility index (Phi) is 43.4. The number of carbonyl (C=O) groups excluding carboxylic acids is 4. The molecule has 0 fully saturated rings. The van der Waals surface area contributed by atoms with Crippen LogP contribution in [0.4, 0.5) is 0 Å². The first-order valence-corrected chi connectivity index (χ1v) is 21.4. The minimum atomic E-state index is -5.08. The molecule has 294 valence electrons. The van der Waals surface area contributed by atoms with Gasteiger partial charge in [-0.25, -0.2) is 0 Å². The summed E-state index contributed by atoms with van der Waals surface area (Å²) in [5.74, 6) is -4.62. The zero-order chi connectivity index (χ0) is 37.1. The van der Waals surface area contributed by atoms with E-state index in [9.17, 15) is 32.1 Å². The Hall–Kier alpha value is -0.330. The van der Waals surface area contributed by atoms with Gasteiger partial charge in [0.1, 0.15) is 0 Å². The smallest absolute Gasteiger partial charge is 1.00 e. The maximum Gasteiger partial charge on any atom is 1.00 e. The average molecular weight is 775 g/mol. The minimum absolute atomic E-state index is 0. The van der Waals surface area contributed by atoms with Crippen LogP contribution in [0.2, 0.25) is 0 Å². The predicted octanol–water partition coefficient (Wildman–Crippen LogP) is 5.08. The zero-order valence-electron chi connectivity index (χ0n) is 35.5. The molecule has 0 heterocycles. The van der Waals surface area contributed by atoms with Crippen molar-refractivity contribution in [2.24, 2.45) is 0 Å². The first kappa shape index (κ1) is 56.0. The Labute approximate surface area is 364 Å². The Balaban J connectivity index is -0.00000200. The maximum absolute atomic E-state index is 12.3. The van der Waals surface area contributed by atoms with Gasteiger partial charge in [-0.15, -0.1) is 0 Å². The molecule has 52 heavy (non-hydrogen) atoms. The van der Waals surface area contributed by atoms with Gasteiger partial charge in [-0.3, -0.25) is 23.7 Å². The molecule has 0 aliphatic heterocycles. The van der Waals surface area contributed by atoms with Crippen molar-refractivity contribution in [3.8, 4) is 0 Å². The van der Waals surface area contributed by atoms with Crippen LogP contribution in [-0.4, -0.2) is 42.1 Å². The Morgan fingerprint density at radius 3 is 1.15 bits per heavy atom. The van der Waals surface area contributed by atoms with Crippen LogP contribution in [0.25, 0.3) is 0 Å². The number of esters is 4. The number of hydrogen-bond acceptors (Lipinski definition) is 8. The molecule has 12 heteroatoms. The third-order valence-corrected chi connectivity index (χ3v) is 9.78. The molecule has 0 aromatic carbocycles. The third kappa shape index (κ3) is 38.0. The van der Waals surface area contributed by atoms with Gasteiger partial charge < -0.3 is 12.3 Å². The molecule has 0 bridgehead atoms. The van der Waals surface area contributed by atoms with Crippen LogP contribution in [0.3, 0.4) is 0 Å². The second kappa shape index (κ2) is 40.3. The molecule has 1 atom stereocenters. The molecule has 9 nitrogen and oxygen atoms in total. The van der Waals surface area contributed by atoms with Crippen molar-refractivity contribution < 1.29 is 104 Å². The largest absolute Gasteiger partial charge is 1.00 e. The van der Waals surface area contributed by atoms with Crippen LogP contribution >= 0.6 is 0 Å². The van der Waals surface area contributed by atoms with Crippen molar-refractivity contribution in [3.05, 3.63) is 24.3 Å². The first-order valence-electron chi connectivity index (χ1n) is 19.9. The maximum atomic E-state index is 12.3. The SMILES string of the molecule is CCCCCCCC/C=C\CCCCCCCC(=O)OC(=O)CC(C(=O)OC(=O)CCCCCCC/C=C\CCCCCCCC)S(=O)(=O)O.[H-].[H-].[Na+].[Na+]. The van der Waals surface area contributed by atoms with Crippen LogP contribution in [0, 0.1) is 0 Å². The molecule has 0 saturated heterocycles. The number of ether oxygens (including phenoxy) is 2. The molecule has 1 N–H and O–H groups in total. The van der Waals surface area contributed by atoms with Crippen LogP contribution in [0.15, 0.2) is 24.3 Å². The van der Waals surface area contributed by atoms with Crippen LogP contribution in [-0.2, 0) is 38.8 Å². The summed E-state index contributed by atoms with van der Waals surface area (Å²) in [6, 6.07) is 0. The van der Waals surface area contributed by atoms with E-state index in [0.29, 0.717) is 12.8 Å². The number of allylic oxidation sites excluding steroid dienone is 4. The Morgan fingerprint density at radius 2 is 0.808 bits per heavy atom. The van der Waals surface area contributed by atoms with Crippen LogP contribution in [0.5, 0.6) is 0 Å². The molecule has 0 aromatic heterocycles. The molecular formula is C40H72Na2O9S. The Morgan fingerprint density at radius 1 is 0.500 bits per heavy atom. The van der Waals surface area contributed by atoms with Gasteiger partial charge in [-0.2, -0.15) is 8.42 Å². The summed E-state index contributed by atoms with van der Waals surface area (Å²) in [6.45, 7) is 4.45. The molecular weight excluding hydrogens is 702 g/mol. The number of carbonyl (C=O) groups is 4. The molecule has 0 saturated carbocycles. The van der Waals surface area contributed by atoms with Gasteiger partial charge in [0.2, 0.25) is 0 Å². The van der Waals surface area contributed by atoms with E-state index in [4.69, 9.17) is 0 Å². The van der Waals surface area contributed by atoms with Gasteiger partial charge in [0.15, 0.2) is 5.25 Å². The summed E-state index contributed by atoms with van der Waals surface area (Å²) >= 11 is 0. The van der Waals surface area contributed by atoms with Crippen molar-refractivity contribution in [2.75, 3.05) is 0 Å². The second-order valence-electron chi connectivity index (χ2n) is 13.5. The molecule has 0 rings (SSSR count). The second-order valence-corrected chi connectivity index (χ2v) is 15.1. The van der Waals surface area contributed by atoms with Gasteiger partial charge in [-0.1, -0.05) is 141 Å². The average Bonchev–Trinajstić information content (AvgIpc) is 3.06. The van der Waals surface area contributed by atoms with Gasteiger partial charge in [0, 0.05) is 12.8 Å². The van der Waals surface area contributed by atoms with E-state index in [1.54, 1.807) is 0 Å². The molecule has 0 amide bonds. The topological polar surface area (TPSA) is 141 Å². The normalized spacial score (nSPS) is 12.0. The molecule has 0 aromatic rings. The third-order valence-electron chi connectivity index (χ3n) is 8.70. The molecule has 0 aliphatic rings. The summed E-state index contributed by atoms with van der Waals surface area (Å²) in [4.78, 5) is 48.6. The van der Waals surface area contributed by atoms with Gasteiger partial charge in [0.25, 0.3) is 10.1 Å². The van der Waals surface area contributed by atoms with E-state index in [2.05, 4.69) is 47.6 Å². The van der Waals surface area contributed by atoms with Gasteiger partial charge in [-0.05, 0) is 64.2 Å². The van der Waals surface area contributed by atoms with Gasteiger partial charge >= 0.3 is 83.0 Å². The van der Waals surface area contributed by atoms with E-state index in [0.717, 1.165) is 77.0 Å². The van der Waals surface area contributed by atoms with Crippen molar-refractivity contribution in [1.82, 2.24) is 0 Å². The van der Waals surface area contributed by atoms with Crippen molar-refractivity contribution in [1.29, 1.82) is 0 Å². The predicted molar refractivity (Wildman–Crippen MR) is 203 cm³/mol. The van der Waals surface area contributed by atoms with Crippen molar-refractivity contribution in [2.45, 2.75) is 205 Å². The minimum Gasteiger partial charge on any atom is -1.00 e. The van der Waals surface area contributed by atoms with E-state index in [-0.39, 0.29) is 74.8 Å². The standard InChI is InChI=1S/C40H70O9S.2Na.2H/c1-3-5-7-9-11-13-15-17-19-21-23-25-27-29-31-33-37(41)48-39(43)35-36(50(45,46)47)40(44)49-38(42)34-32-30-28-26-24-22-20-18-16-14-12-10-8-6-4-2;;;;/h17-20,36H,3-16,21-35H2,1-2H3,(H,45,46,47);;;;/q;2*+1;2*-1/b19-17-,20-18-;;;;. The molecule has 0 radical (unpaired) electrons. The molecule has 0 spiro atoms. The van der Waals surface area contributed by atoms with E-state index < -0.39 is 45.7 Å². The monoisotopic (exact) mass is 774 g/mol. The van der Waals surface area contributed by atoms with Crippen LogP contribution in [0.1, 0.15) is 203 Å². The summed E-state index contributed by atoms with van der Waals surface area (Å²) < 4.78 is 42.2. The first-order chi connectivity index (χ1) is 24.1. The van der Waals surface area contributed by atoms with Gasteiger partial charge in [0.05, 0.1) is 6.42 Å². The number of unbranched alkanes of at least 4 members (excludes halogenated alkanes) is 22. The molecule has 0 aliphatic carbocycles. The summed E-state index contributed by atoms with van der Waals surface area (Å²) in [5, 5.41) is -2.35. The Bertz CT molecular complexity index is 1070. The molecule has 1 unspecified atom stereocenters. The number of rotatable bonds is 34. The number of hydrogen-bond donors (Lipinski definition) is 1. The van der Waals surface area contributed by atoms with Crippen molar-refractivity contribution in [3.63, 3.8) is 0 Å². The summed E-state index contributed by atoms with van der Waals surface area (Å²) in [7, 11) is -5.08. The zero-order valence-corrected chi connectivity index (χ0v) is 38.3. The summed E-state index contributed by atoms with van der Waals surface area (Å²) in [6.07, 6.45) is 36.1.